The van der Waals surface area contributed by atoms with E-state index in [4.69, 9.17) is 5.11 Å². The van der Waals surface area contributed by atoms with E-state index in [1.54, 1.807) is 0 Å². The average molecular weight is 307 g/mol. The number of rotatable bonds is 7. The van der Waals surface area contributed by atoms with Crippen molar-refractivity contribution in [2.75, 3.05) is 5.75 Å². The average Bonchev–Trinajstić information content (AvgIpc) is 2.73. The number of carboxylic acids is 1. The van der Waals surface area contributed by atoms with Crippen molar-refractivity contribution in [1.29, 1.82) is 0 Å². The first kappa shape index (κ1) is 15.8. The molecule has 0 aliphatic carbocycles. The van der Waals surface area contributed by atoms with Crippen molar-refractivity contribution in [3.8, 4) is 0 Å². The van der Waals surface area contributed by atoms with Crippen molar-refractivity contribution in [1.82, 2.24) is 14.5 Å². The van der Waals surface area contributed by atoms with Crippen LogP contribution in [0.5, 0.6) is 0 Å². The lowest BCUT2D eigenvalue weighted by atomic mass is 10.1. The molecule has 0 spiro atoms. The lowest BCUT2D eigenvalue weighted by molar-refractivity contribution is -0.133. The first-order valence-corrected chi connectivity index (χ1v) is 8.13. The molecule has 0 aliphatic heterocycles. The van der Waals surface area contributed by atoms with E-state index < -0.39 is 5.97 Å². The molecule has 2 aromatic heterocycles. The van der Waals surface area contributed by atoms with Crippen LogP contribution in [0.25, 0.3) is 11.2 Å². The van der Waals surface area contributed by atoms with Crippen molar-refractivity contribution in [3.05, 3.63) is 17.8 Å². The number of aromatic nitrogens is 3. The van der Waals surface area contributed by atoms with Crippen LogP contribution in [0.3, 0.4) is 0 Å². The van der Waals surface area contributed by atoms with Crippen molar-refractivity contribution >= 4 is 28.9 Å². The molecule has 0 fully saturated rings. The fourth-order valence-corrected chi connectivity index (χ4v) is 2.94. The third-order valence-electron chi connectivity index (χ3n) is 3.17. The molecule has 5 nitrogen and oxygen atoms in total. The molecular formula is C15H21N3O2S. The summed E-state index contributed by atoms with van der Waals surface area (Å²) in [5.41, 5.74) is 2.74. The van der Waals surface area contributed by atoms with Gasteiger partial charge in [0, 0.05) is 12.7 Å². The van der Waals surface area contributed by atoms with Gasteiger partial charge < -0.3 is 9.67 Å². The van der Waals surface area contributed by atoms with Gasteiger partial charge in [0.15, 0.2) is 10.8 Å². The maximum atomic E-state index is 10.8. The highest BCUT2D eigenvalue weighted by atomic mass is 32.2. The lowest BCUT2D eigenvalue weighted by Gasteiger charge is -2.09. The van der Waals surface area contributed by atoms with Crippen LogP contribution in [-0.2, 0) is 11.3 Å². The van der Waals surface area contributed by atoms with Crippen LogP contribution in [-0.4, -0.2) is 31.4 Å². The Balaban J connectivity index is 2.27. The number of imidazole rings is 1. The minimum atomic E-state index is -0.829. The van der Waals surface area contributed by atoms with Crippen LogP contribution >= 0.6 is 11.8 Å². The number of pyridine rings is 1. The van der Waals surface area contributed by atoms with Crippen LogP contribution in [0.2, 0.25) is 0 Å². The number of aryl methyl sites for hydroxylation is 2. The molecule has 0 aromatic carbocycles. The van der Waals surface area contributed by atoms with E-state index in [-0.39, 0.29) is 5.75 Å². The summed E-state index contributed by atoms with van der Waals surface area (Å²) < 4.78 is 2.05. The Bertz CT molecular complexity index is 637. The second-order valence-corrected chi connectivity index (χ2v) is 6.56. The number of carboxylic acid groups (broad SMARTS) is 1. The predicted molar refractivity (Wildman–Crippen MR) is 84.7 cm³/mol. The maximum absolute atomic E-state index is 10.8. The van der Waals surface area contributed by atoms with E-state index in [0.717, 1.165) is 41.3 Å². The Hall–Kier alpha value is -1.56. The number of hydrogen-bond donors (Lipinski definition) is 1. The first-order valence-electron chi connectivity index (χ1n) is 7.15. The van der Waals surface area contributed by atoms with Crippen molar-refractivity contribution in [2.45, 2.75) is 45.3 Å². The summed E-state index contributed by atoms with van der Waals surface area (Å²) in [5, 5.41) is 9.60. The SMILES string of the molecule is Cc1cnc2c(c1)nc(SCC(=O)O)n2CCCC(C)C. The number of fused-ring (bicyclic) bond motifs is 1. The standard InChI is InChI=1S/C15H21N3O2S/c1-10(2)5-4-6-18-14-12(7-11(3)8-16-14)17-15(18)21-9-13(19)20/h7-8,10H,4-6,9H2,1-3H3,(H,19,20). The highest BCUT2D eigenvalue weighted by Crippen LogP contribution is 2.24. The molecule has 6 heteroatoms. The molecule has 2 heterocycles. The van der Waals surface area contributed by atoms with Gasteiger partial charge in [-0.05, 0) is 37.3 Å². The van der Waals surface area contributed by atoms with E-state index >= 15 is 0 Å². The quantitative estimate of drug-likeness (QED) is 0.794. The summed E-state index contributed by atoms with van der Waals surface area (Å²) in [6, 6.07) is 1.99. The second-order valence-electron chi connectivity index (χ2n) is 5.62. The van der Waals surface area contributed by atoms with E-state index in [0.29, 0.717) is 5.92 Å². The Kier molecular flexibility index (Phi) is 5.22. The summed E-state index contributed by atoms with van der Waals surface area (Å²) >= 11 is 1.26. The highest BCUT2D eigenvalue weighted by molar-refractivity contribution is 7.99. The summed E-state index contributed by atoms with van der Waals surface area (Å²) in [6.07, 6.45) is 4.00. The van der Waals surface area contributed by atoms with Gasteiger partial charge in [-0.15, -0.1) is 0 Å². The van der Waals surface area contributed by atoms with E-state index in [9.17, 15) is 4.79 Å². The summed E-state index contributed by atoms with van der Waals surface area (Å²) in [5.74, 6) is -0.151. The summed E-state index contributed by atoms with van der Waals surface area (Å²) in [6.45, 7) is 7.21. The van der Waals surface area contributed by atoms with Crippen LogP contribution in [0.15, 0.2) is 17.4 Å². The van der Waals surface area contributed by atoms with Crippen LogP contribution in [0, 0.1) is 12.8 Å². The largest absolute Gasteiger partial charge is 0.481 e. The van der Waals surface area contributed by atoms with Gasteiger partial charge in [0.05, 0.1) is 5.75 Å². The fourth-order valence-electron chi connectivity index (χ4n) is 2.19. The van der Waals surface area contributed by atoms with Gasteiger partial charge in [0.1, 0.15) is 5.52 Å². The molecule has 1 N–H and O–H groups in total. The molecular weight excluding hydrogens is 286 g/mol. The van der Waals surface area contributed by atoms with Gasteiger partial charge >= 0.3 is 5.97 Å². The van der Waals surface area contributed by atoms with Crippen molar-refractivity contribution in [2.24, 2.45) is 5.92 Å². The van der Waals surface area contributed by atoms with Gasteiger partial charge in [0.25, 0.3) is 0 Å². The summed E-state index contributed by atoms with van der Waals surface area (Å²) in [7, 11) is 0. The molecule has 0 bridgehead atoms. The second kappa shape index (κ2) is 6.93. The molecule has 0 atom stereocenters. The third-order valence-corrected chi connectivity index (χ3v) is 4.14. The van der Waals surface area contributed by atoms with Crippen molar-refractivity contribution in [3.63, 3.8) is 0 Å². The first-order chi connectivity index (χ1) is 9.97. The Morgan fingerprint density at radius 1 is 1.48 bits per heavy atom. The van der Waals surface area contributed by atoms with E-state index in [1.165, 1.54) is 11.8 Å². The van der Waals surface area contributed by atoms with Gasteiger partial charge in [-0.1, -0.05) is 25.6 Å². The van der Waals surface area contributed by atoms with Gasteiger partial charge in [-0.25, -0.2) is 9.97 Å². The molecule has 21 heavy (non-hydrogen) atoms. The minimum absolute atomic E-state index is 0.0203. The monoisotopic (exact) mass is 307 g/mol. The Labute approximate surface area is 128 Å². The zero-order valence-corrected chi connectivity index (χ0v) is 13.5. The summed E-state index contributed by atoms with van der Waals surface area (Å²) in [4.78, 5) is 19.8. The number of carbonyl (C=O) groups is 1. The maximum Gasteiger partial charge on any atom is 0.313 e. The van der Waals surface area contributed by atoms with E-state index in [2.05, 4.69) is 23.8 Å². The molecule has 0 radical (unpaired) electrons. The number of nitrogens with zero attached hydrogens (tertiary/aromatic N) is 3. The predicted octanol–water partition coefficient (Wildman–Crippen LogP) is 3.35. The van der Waals surface area contributed by atoms with Crippen LogP contribution in [0.4, 0.5) is 0 Å². The Morgan fingerprint density at radius 2 is 2.24 bits per heavy atom. The van der Waals surface area contributed by atoms with Crippen molar-refractivity contribution < 1.29 is 9.90 Å². The molecule has 0 saturated carbocycles. The minimum Gasteiger partial charge on any atom is -0.481 e. The lowest BCUT2D eigenvalue weighted by Crippen LogP contribution is -2.05. The Morgan fingerprint density at radius 3 is 2.90 bits per heavy atom. The number of hydrogen-bond acceptors (Lipinski definition) is 4. The number of aliphatic carboxylic acids is 1. The topological polar surface area (TPSA) is 68.0 Å². The van der Waals surface area contributed by atoms with Gasteiger partial charge in [-0.2, -0.15) is 0 Å². The molecule has 2 rings (SSSR count). The molecule has 0 saturated heterocycles. The zero-order valence-electron chi connectivity index (χ0n) is 12.7. The molecule has 0 unspecified atom stereocenters. The fraction of sp³-hybridized carbons (Fsp3) is 0.533. The highest BCUT2D eigenvalue weighted by Gasteiger charge is 2.14. The molecule has 114 valence electrons. The molecule has 0 aliphatic rings. The zero-order chi connectivity index (χ0) is 15.4. The van der Waals surface area contributed by atoms with Crippen LogP contribution < -0.4 is 0 Å². The third kappa shape index (κ3) is 4.20. The van der Waals surface area contributed by atoms with E-state index in [1.807, 2.05) is 23.8 Å². The molecule has 0 amide bonds. The van der Waals surface area contributed by atoms with Gasteiger partial charge in [-0.3, -0.25) is 4.79 Å². The van der Waals surface area contributed by atoms with Gasteiger partial charge in [0.2, 0.25) is 0 Å². The normalized spacial score (nSPS) is 11.4. The number of thioether (sulfide) groups is 1. The molecule has 2 aromatic rings. The van der Waals surface area contributed by atoms with Crippen LogP contribution in [0.1, 0.15) is 32.3 Å². The smallest absolute Gasteiger partial charge is 0.313 e.